The summed E-state index contributed by atoms with van der Waals surface area (Å²) < 4.78 is 23.5. The molecule has 110 valence electrons. The Bertz CT molecular complexity index is 499. The first-order chi connectivity index (χ1) is 8.55. The lowest BCUT2D eigenvalue weighted by atomic mass is 10.2. The molecule has 0 spiro atoms. The van der Waals surface area contributed by atoms with Crippen molar-refractivity contribution in [3.8, 4) is 0 Å². The number of aliphatic hydroxyl groups excluding tert-OH is 1. The van der Waals surface area contributed by atoms with E-state index in [2.05, 4.69) is 10.3 Å². The van der Waals surface area contributed by atoms with Crippen molar-refractivity contribution >= 4 is 15.2 Å². The smallest absolute Gasteiger partial charge is 0.340 e. The van der Waals surface area contributed by atoms with E-state index in [1.165, 1.54) is 10.9 Å². The van der Waals surface area contributed by atoms with E-state index >= 15 is 0 Å². The van der Waals surface area contributed by atoms with Crippen molar-refractivity contribution in [2.75, 3.05) is 0 Å². The lowest BCUT2D eigenvalue weighted by molar-refractivity contribution is 0.160. The molecule has 19 heavy (non-hydrogen) atoms. The maximum absolute atomic E-state index is 11.1. The van der Waals surface area contributed by atoms with Gasteiger partial charge in [-0.3, -0.25) is 13.8 Å². The monoisotopic (exact) mass is 315 g/mol. The van der Waals surface area contributed by atoms with Gasteiger partial charge in [-0.05, 0) is 6.92 Å². The average molecular weight is 315 g/mol. The average Bonchev–Trinajstić information content (AvgIpc) is 2.70. The predicted molar refractivity (Wildman–Crippen MR) is 63.1 cm³/mol. The van der Waals surface area contributed by atoms with Gasteiger partial charge >= 0.3 is 15.2 Å². The highest BCUT2D eigenvalue weighted by atomic mass is 31.2. The molecule has 0 saturated heterocycles. The van der Waals surface area contributed by atoms with Crippen molar-refractivity contribution in [1.29, 1.82) is 0 Å². The van der Waals surface area contributed by atoms with Crippen molar-refractivity contribution in [1.82, 2.24) is 15.0 Å². The second kappa shape index (κ2) is 5.80. The molecule has 10 nitrogen and oxygen atoms in total. The van der Waals surface area contributed by atoms with Crippen LogP contribution in [0.25, 0.3) is 0 Å². The number of aliphatic hydroxyl groups is 1. The van der Waals surface area contributed by atoms with E-state index < -0.39 is 33.1 Å². The van der Waals surface area contributed by atoms with E-state index in [0.29, 0.717) is 6.54 Å². The first-order valence-corrected chi connectivity index (χ1v) is 8.60. The van der Waals surface area contributed by atoms with Crippen LogP contribution < -0.4 is 0 Å². The molecule has 0 bridgehead atoms. The minimum Gasteiger partial charge on any atom is -0.387 e. The van der Waals surface area contributed by atoms with Crippen molar-refractivity contribution < 1.29 is 33.8 Å². The second-order valence-electron chi connectivity index (χ2n) is 3.91. The number of aromatic nitrogens is 3. The van der Waals surface area contributed by atoms with E-state index in [9.17, 15) is 14.2 Å². The summed E-state index contributed by atoms with van der Waals surface area (Å²) in [5.41, 5.74) is -0.00579. The van der Waals surface area contributed by atoms with E-state index in [1.807, 2.05) is 0 Å². The zero-order valence-corrected chi connectivity index (χ0v) is 11.7. The van der Waals surface area contributed by atoms with Gasteiger partial charge in [-0.2, -0.15) is 0 Å². The summed E-state index contributed by atoms with van der Waals surface area (Å²) in [6.07, 6.45) is -0.997. The molecule has 1 unspecified atom stereocenters. The van der Waals surface area contributed by atoms with Crippen LogP contribution in [-0.4, -0.2) is 45.1 Å². The molecule has 0 radical (unpaired) electrons. The van der Waals surface area contributed by atoms with Crippen LogP contribution in [0.1, 0.15) is 25.1 Å². The van der Waals surface area contributed by atoms with Crippen LogP contribution in [0, 0.1) is 0 Å². The fourth-order valence-electron chi connectivity index (χ4n) is 1.41. The lowest BCUT2D eigenvalue weighted by Crippen LogP contribution is -2.14. The van der Waals surface area contributed by atoms with E-state index in [0.717, 1.165) is 0 Å². The van der Waals surface area contributed by atoms with Crippen LogP contribution in [0.2, 0.25) is 0 Å². The first kappa shape index (κ1) is 16.5. The quantitative estimate of drug-likeness (QED) is 0.431. The third kappa shape index (κ3) is 4.47. The first-order valence-electron chi connectivity index (χ1n) is 5.24. The fraction of sp³-hybridized carbons (Fsp3) is 0.714. The molecular weight excluding hydrogens is 300 g/mol. The SMILES string of the molecule is CCn1cc(C(O)CC(P(=O)(O)O)P(=O)(O)O)nn1. The van der Waals surface area contributed by atoms with Gasteiger partial charge in [0.25, 0.3) is 0 Å². The van der Waals surface area contributed by atoms with Crippen molar-refractivity contribution in [3.05, 3.63) is 11.9 Å². The van der Waals surface area contributed by atoms with Crippen LogP contribution in [0.3, 0.4) is 0 Å². The van der Waals surface area contributed by atoms with Crippen molar-refractivity contribution in [2.24, 2.45) is 0 Å². The number of hydrogen-bond donors (Lipinski definition) is 5. The Morgan fingerprint density at radius 1 is 1.26 bits per heavy atom. The van der Waals surface area contributed by atoms with Gasteiger partial charge in [0.1, 0.15) is 11.8 Å². The second-order valence-corrected chi connectivity index (χ2v) is 7.92. The molecule has 0 aromatic carbocycles. The van der Waals surface area contributed by atoms with Gasteiger partial charge in [0.05, 0.1) is 6.20 Å². The van der Waals surface area contributed by atoms with E-state index in [4.69, 9.17) is 19.6 Å². The molecule has 0 amide bonds. The zero-order chi connectivity index (χ0) is 14.8. The minimum atomic E-state index is -5.05. The molecule has 12 heteroatoms. The van der Waals surface area contributed by atoms with Crippen LogP contribution in [0.4, 0.5) is 0 Å². The summed E-state index contributed by atoms with van der Waals surface area (Å²) in [5.74, 6) is 0. The molecule has 0 aliphatic carbocycles. The minimum absolute atomic E-state index is 0.00579. The summed E-state index contributed by atoms with van der Waals surface area (Å²) in [7, 11) is -10.1. The van der Waals surface area contributed by atoms with Gasteiger partial charge in [-0.1, -0.05) is 5.21 Å². The molecule has 0 aliphatic rings. The summed E-state index contributed by atoms with van der Waals surface area (Å²) in [4.78, 5) is 35.7. The fourth-order valence-corrected chi connectivity index (χ4v) is 3.93. The van der Waals surface area contributed by atoms with E-state index in [1.54, 1.807) is 6.92 Å². The van der Waals surface area contributed by atoms with Gasteiger partial charge in [0.15, 0.2) is 5.40 Å². The molecule has 0 fully saturated rings. The van der Waals surface area contributed by atoms with Gasteiger partial charge in [0, 0.05) is 13.0 Å². The maximum Gasteiger partial charge on any atom is 0.340 e. The van der Waals surface area contributed by atoms with Gasteiger partial charge < -0.3 is 24.7 Å². The normalized spacial score (nSPS) is 14.9. The van der Waals surface area contributed by atoms with Crippen molar-refractivity contribution in [3.63, 3.8) is 0 Å². The Morgan fingerprint density at radius 3 is 2.16 bits per heavy atom. The molecular formula is C7H15N3O7P2. The molecule has 1 aromatic heterocycles. The largest absolute Gasteiger partial charge is 0.387 e. The Kier molecular flexibility index (Phi) is 5.02. The Hall–Kier alpha value is -0.600. The Morgan fingerprint density at radius 2 is 1.79 bits per heavy atom. The van der Waals surface area contributed by atoms with Gasteiger partial charge in [-0.25, -0.2) is 0 Å². The number of rotatable bonds is 6. The third-order valence-corrected chi connectivity index (χ3v) is 6.21. The molecule has 5 N–H and O–H groups in total. The van der Waals surface area contributed by atoms with Crippen LogP contribution in [-0.2, 0) is 15.7 Å². The molecule has 1 heterocycles. The summed E-state index contributed by atoms with van der Waals surface area (Å²) in [6.45, 7) is 2.24. The molecule has 0 saturated carbocycles. The molecule has 0 aliphatic heterocycles. The van der Waals surface area contributed by atoms with Gasteiger partial charge in [0.2, 0.25) is 0 Å². The van der Waals surface area contributed by atoms with E-state index in [-0.39, 0.29) is 5.69 Å². The van der Waals surface area contributed by atoms with Crippen LogP contribution in [0.5, 0.6) is 0 Å². The lowest BCUT2D eigenvalue weighted by Gasteiger charge is -2.21. The Balaban J connectivity index is 2.91. The summed E-state index contributed by atoms with van der Waals surface area (Å²) in [5, 5.41) is 14.6. The van der Waals surface area contributed by atoms with Crippen LogP contribution in [0.15, 0.2) is 6.20 Å². The highest BCUT2D eigenvalue weighted by molar-refractivity contribution is 7.70. The van der Waals surface area contributed by atoms with Crippen molar-refractivity contribution in [2.45, 2.75) is 31.4 Å². The predicted octanol–water partition coefficient (Wildman–Crippen LogP) is -0.597. The number of hydrogen-bond acceptors (Lipinski definition) is 5. The Labute approximate surface area is 108 Å². The standard InChI is InChI=1S/C7H15N3O7P2/c1-2-10-4-5(8-9-10)6(11)3-7(18(12,13)14)19(15,16)17/h4,6-7,11H,2-3H2,1H3,(H2,12,13,14)(H2,15,16,17). The maximum atomic E-state index is 11.1. The summed E-state index contributed by atoms with van der Waals surface area (Å²) in [6, 6.07) is 0. The highest BCUT2D eigenvalue weighted by Gasteiger charge is 2.44. The van der Waals surface area contributed by atoms with Crippen LogP contribution >= 0.6 is 15.2 Å². The zero-order valence-electron chi connectivity index (χ0n) is 9.93. The van der Waals surface area contributed by atoms with Gasteiger partial charge in [-0.15, -0.1) is 5.10 Å². The highest BCUT2D eigenvalue weighted by Crippen LogP contribution is 2.62. The molecule has 1 atom stereocenters. The molecule has 1 aromatic rings. The topological polar surface area (TPSA) is 166 Å². The molecule has 1 rings (SSSR count). The number of aryl methyl sites for hydroxylation is 1. The third-order valence-electron chi connectivity index (χ3n) is 2.43. The number of nitrogens with zero attached hydrogens (tertiary/aromatic N) is 3. The summed E-state index contributed by atoms with van der Waals surface area (Å²) >= 11 is 0.